The number of oxime groups is 1. The second-order valence-corrected chi connectivity index (χ2v) is 21.9. The average Bonchev–Trinajstić information content (AvgIpc) is 4.00. The first kappa shape index (κ1) is 52.8. The van der Waals surface area contributed by atoms with E-state index in [-0.39, 0.29) is 16.9 Å². The second-order valence-electron chi connectivity index (χ2n) is 21.9. The van der Waals surface area contributed by atoms with Crippen LogP contribution < -0.4 is 19.1 Å². The SMILES string of the molecule is CCCCCCCCCCCCCCCCCCOc1cc(OC)c(C2=NOC(CCCCN3/C(=C\C=C/C4=[N+](C)c5ccc6ccccc6c5C4(C)C)C(C)(C)c4c3ccc3ccccc43)C2)c(OC)c1. The minimum atomic E-state index is -0.191. The molecule has 0 aromatic heterocycles. The summed E-state index contributed by atoms with van der Waals surface area (Å²) < 4.78 is 20.5. The minimum absolute atomic E-state index is 0.00513. The van der Waals surface area contributed by atoms with Crippen molar-refractivity contribution in [3.05, 3.63) is 126 Å². The van der Waals surface area contributed by atoms with Crippen molar-refractivity contribution in [3.63, 3.8) is 0 Å². The van der Waals surface area contributed by atoms with Gasteiger partial charge in [-0.05, 0) is 84.8 Å². The molecule has 0 radical (unpaired) electrons. The maximum Gasteiger partial charge on any atom is 0.210 e. The van der Waals surface area contributed by atoms with E-state index in [2.05, 4.69) is 147 Å². The van der Waals surface area contributed by atoms with Crippen LogP contribution in [0.1, 0.15) is 180 Å². The standard InChI is InChI=1S/C65H86N3O4/c1-9-10-11-12-13-14-15-16-17-18-19-20-21-22-23-30-44-71-51-46-57(69-7)61(58(47-51)70-8)54-45-50(72-66-54)34-28-29-43-68-56-42-40-49-33-25-27-36-53(49)63(56)65(4,5)60(68)38-31-37-59-64(2,3)62-52-35-26-24-32-48(52)39-41-55(62)67(59)6/h24-27,31-33,35-42,46-47,50H,9-23,28-30,34,43-45H2,1-8H3/q+1. The molecular weight excluding hydrogens is 887 g/mol. The number of anilines is 1. The molecule has 0 aliphatic carbocycles. The highest BCUT2D eigenvalue weighted by atomic mass is 16.6. The van der Waals surface area contributed by atoms with Gasteiger partial charge in [0.1, 0.15) is 30.4 Å². The second kappa shape index (κ2) is 24.9. The van der Waals surface area contributed by atoms with E-state index in [4.69, 9.17) is 19.0 Å². The van der Waals surface area contributed by atoms with Gasteiger partial charge in [0.2, 0.25) is 5.69 Å². The number of ether oxygens (including phenoxy) is 3. The molecule has 0 spiro atoms. The summed E-state index contributed by atoms with van der Waals surface area (Å²) in [6.07, 6.45) is 32.4. The Morgan fingerprint density at radius 1 is 0.667 bits per heavy atom. The zero-order valence-corrected chi connectivity index (χ0v) is 45.4. The number of hydrogen-bond acceptors (Lipinski definition) is 6. The normalized spacial score (nSPS) is 17.3. The topological polar surface area (TPSA) is 55.5 Å². The summed E-state index contributed by atoms with van der Waals surface area (Å²) in [6, 6.07) is 30.8. The summed E-state index contributed by atoms with van der Waals surface area (Å²) in [6.45, 7) is 13.4. The summed E-state index contributed by atoms with van der Waals surface area (Å²) in [7, 11) is 5.63. The summed E-state index contributed by atoms with van der Waals surface area (Å²) in [5.74, 6) is 2.17. The minimum Gasteiger partial charge on any atom is -0.496 e. The molecule has 5 aromatic rings. The molecule has 0 saturated heterocycles. The van der Waals surface area contributed by atoms with E-state index in [0.717, 1.165) is 49.3 Å². The van der Waals surface area contributed by atoms with Crippen molar-refractivity contribution in [1.29, 1.82) is 0 Å². The zero-order valence-electron chi connectivity index (χ0n) is 45.4. The van der Waals surface area contributed by atoms with E-state index in [1.54, 1.807) is 14.2 Å². The fourth-order valence-corrected chi connectivity index (χ4v) is 12.2. The Bertz CT molecular complexity index is 2720. The number of methoxy groups -OCH3 is 2. The lowest BCUT2D eigenvalue weighted by molar-refractivity contribution is -0.401. The van der Waals surface area contributed by atoms with Gasteiger partial charge in [-0.25, -0.2) is 0 Å². The number of nitrogens with zero attached hydrogens (tertiary/aromatic N) is 3. The van der Waals surface area contributed by atoms with Crippen LogP contribution in [0.15, 0.2) is 114 Å². The lowest BCUT2D eigenvalue weighted by Crippen LogP contribution is -2.28. The molecule has 3 aliphatic rings. The van der Waals surface area contributed by atoms with Crippen LogP contribution in [0.4, 0.5) is 11.4 Å². The van der Waals surface area contributed by atoms with Crippen molar-refractivity contribution in [1.82, 2.24) is 0 Å². The molecule has 384 valence electrons. The quantitative estimate of drug-likeness (QED) is 0.0369. The first-order chi connectivity index (χ1) is 35.1. The molecule has 0 saturated carbocycles. The monoisotopic (exact) mass is 973 g/mol. The van der Waals surface area contributed by atoms with Gasteiger partial charge in [0.05, 0.1) is 37.5 Å². The molecule has 72 heavy (non-hydrogen) atoms. The van der Waals surface area contributed by atoms with E-state index in [0.29, 0.717) is 24.5 Å². The van der Waals surface area contributed by atoms with Crippen LogP contribution in [0, 0.1) is 0 Å². The molecule has 0 N–H and O–H groups in total. The van der Waals surface area contributed by atoms with Gasteiger partial charge in [-0.3, -0.25) is 0 Å². The Morgan fingerprint density at radius 3 is 1.85 bits per heavy atom. The molecule has 0 fully saturated rings. The molecule has 3 heterocycles. The highest BCUT2D eigenvalue weighted by Gasteiger charge is 2.45. The van der Waals surface area contributed by atoms with Gasteiger partial charge in [0.15, 0.2) is 5.71 Å². The average molecular weight is 973 g/mol. The number of unbranched alkanes of at least 4 members (excludes halogenated alkanes) is 16. The van der Waals surface area contributed by atoms with Gasteiger partial charge < -0.3 is 23.9 Å². The maximum absolute atomic E-state index is 6.26. The van der Waals surface area contributed by atoms with Crippen molar-refractivity contribution in [2.45, 2.75) is 180 Å². The first-order valence-electron chi connectivity index (χ1n) is 28.0. The molecule has 5 aromatic carbocycles. The highest BCUT2D eigenvalue weighted by molar-refractivity contribution is 6.08. The largest absolute Gasteiger partial charge is 0.496 e. The van der Waals surface area contributed by atoms with Crippen LogP contribution in [0.3, 0.4) is 0 Å². The summed E-state index contributed by atoms with van der Waals surface area (Å²) in [5, 5.41) is 9.86. The zero-order chi connectivity index (χ0) is 50.5. The summed E-state index contributed by atoms with van der Waals surface area (Å²) in [5.41, 5.74) is 9.40. The number of benzene rings is 5. The smallest absolute Gasteiger partial charge is 0.210 e. The van der Waals surface area contributed by atoms with Crippen LogP contribution in [-0.4, -0.2) is 56.5 Å². The molecule has 8 rings (SSSR count). The van der Waals surface area contributed by atoms with Crippen LogP contribution in [0.25, 0.3) is 21.5 Å². The Labute approximate surface area is 433 Å². The Morgan fingerprint density at radius 2 is 1.24 bits per heavy atom. The predicted octanol–water partition coefficient (Wildman–Crippen LogP) is 17.3. The number of rotatable bonds is 28. The van der Waals surface area contributed by atoms with Gasteiger partial charge in [-0.15, -0.1) is 0 Å². The van der Waals surface area contributed by atoms with Crippen molar-refractivity contribution < 1.29 is 23.6 Å². The van der Waals surface area contributed by atoms with Crippen molar-refractivity contribution in [2.24, 2.45) is 5.16 Å². The van der Waals surface area contributed by atoms with E-state index in [1.165, 1.54) is 152 Å². The fourth-order valence-electron chi connectivity index (χ4n) is 12.2. The van der Waals surface area contributed by atoms with E-state index < -0.39 is 0 Å². The summed E-state index contributed by atoms with van der Waals surface area (Å²) in [4.78, 5) is 8.71. The van der Waals surface area contributed by atoms with E-state index in [1.807, 2.05) is 12.1 Å². The molecule has 0 amide bonds. The number of allylic oxidation sites excluding steroid dienone is 4. The number of fused-ring (bicyclic) bond motifs is 6. The van der Waals surface area contributed by atoms with E-state index >= 15 is 0 Å². The maximum atomic E-state index is 6.26. The van der Waals surface area contributed by atoms with Gasteiger partial charge >= 0.3 is 0 Å². The highest BCUT2D eigenvalue weighted by Crippen LogP contribution is 2.51. The third kappa shape index (κ3) is 11.9. The Hall–Kier alpha value is -5.56. The van der Waals surface area contributed by atoms with Crippen LogP contribution in [0.5, 0.6) is 17.2 Å². The third-order valence-corrected chi connectivity index (χ3v) is 16.1. The number of hydrogen-bond donors (Lipinski definition) is 0. The van der Waals surface area contributed by atoms with E-state index in [9.17, 15) is 0 Å². The third-order valence-electron chi connectivity index (χ3n) is 16.1. The van der Waals surface area contributed by atoms with Gasteiger partial charge in [0.25, 0.3) is 0 Å². The van der Waals surface area contributed by atoms with Crippen LogP contribution in [-0.2, 0) is 15.7 Å². The van der Waals surface area contributed by atoms with Crippen molar-refractivity contribution in [2.75, 3.05) is 39.3 Å². The predicted molar refractivity (Wildman–Crippen MR) is 304 cm³/mol. The molecule has 0 bridgehead atoms. The van der Waals surface area contributed by atoms with Gasteiger partial charge in [-0.2, -0.15) is 4.58 Å². The molecule has 1 atom stereocenters. The first-order valence-corrected chi connectivity index (χ1v) is 28.0. The Balaban J connectivity index is 0.831. The van der Waals surface area contributed by atoms with Gasteiger partial charge in [0, 0.05) is 59.6 Å². The Kier molecular flexibility index (Phi) is 18.3. The molecule has 7 nitrogen and oxygen atoms in total. The molecular formula is C65H86N3O4+. The van der Waals surface area contributed by atoms with Crippen LogP contribution >= 0.6 is 0 Å². The lowest BCUT2D eigenvalue weighted by atomic mass is 9.79. The van der Waals surface area contributed by atoms with Crippen LogP contribution in [0.2, 0.25) is 0 Å². The molecule has 7 heteroatoms. The molecule has 3 aliphatic heterocycles. The molecule has 1 unspecified atom stereocenters. The van der Waals surface area contributed by atoms with Crippen molar-refractivity contribution in [3.8, 4) is 17.2 Å². The van der Waals surface area contributed by atoms with Crippen molar-refractivity contribution >= 4 is 44.3 Å². The summed E-state index contributed by atoms with van der Waals surface area (Å²) >= 11 is 0. The fraction of sp³-hybridized carbons (Fsp3) is 0.508. The van der Waals surface area contributed by atoms with Gasteiger partial charge in [-0.1, -0.05) is 183 Å². The lowest BCUT2D eigenvalue weighted by Gasteiger charge is -2.27.